The molecule has 1 N–H and O–H groups in total. The van der Waals surface area contributed by atoms with E-state index in [-0.39, 0.29) is 18.3 Å². The summed E-state index contributed by atoms with van der Waals surface area (Å²) in [6.45, 7) is 1.94. The van der Waals surface area contributed by atoms with Gasteiger partial charge in [-0.1, -0.05) is 36.4 Å². The van der Waals surface area contributed by atoms with Gasteiger partial charge < -0.3 is 10.1 Å². The molecule has 0 fully saturated rings. The van der Waals surface area contributed by atoms with Crippen LogP contribution in [0.15, 0.2) is 54.6 Å². The number of ether oxygens (including phenoxy) is 1. The summed E-state index contributed by atoms with van der Waals surface area (Å²) in [7, 11) is 1.51. The SMILES string of the molecule is CO[C@](C)(CNC(=O)c1cc2ccccc2s1)c1ccccc1F. The van der Waals surface area contributed by atoms with Crippen molar-refractivity contribution in [3.63, 3.8) is 0 Å². The second kappa shape index (κ2) is 6.71. The lowest BCUT2D eigenvalue weighted by atomic mass is 9.95. The number of carbonyl (C=O) groups is 1. The highest BCUT2D eigenvalue weighted by molar-refractivity contribution is 7.20. The minimum atomic E-state index is -0.933. The van der Waals surface area contributed by atoms with Crippen molar-refractivity contribution in [1.29, 1.82) is 0 Å². The predicted molar refractivity (Wildman–Crippen MR) is 94.9 cm³/mol. The van der Waals surface area contributed by atoms with Gasteiger partial charge >= 0.3 is 0 Å². The Morgan fingerprint density at radius 1 is 1.21 bits per heavy atom. The lowest BCUT2D eigenvalue weighted by Gasteiger charge is -2.29. The van der Waals surface area contributed by atoms with Crippen molar-refractivity contribution in [2.45, 2.75) is 12.5 Å². The minimum Gasteiger partial charge on any atom is -0.372 e. The van der Waals surface area contributed by atoms with Crippen molar-refractivity contribution in [1.82, 2.24) is 5.32 Å². The van der Waals surface area contributed by atoms with E-state index >= 15 is 0 Å². The van der Waals surface area contributed by atoms with E-state index in [4.69, 9.17) is 4.74 Å². The van der Waals surface area contributed by atoms with Gasteiger partial charge in [0.15, 0.2) is 0 Å². The number of rotatable bonds is 5. The van der Waals surface area contributed by atoms with Crippen LogP contribution in [-0.4, -0.2) is 19.6 Å². The molecule has 1 heterocycles. The molecule has 0 bridgehead atoms. The summed E-state index contributed by atoms with van der Waals surface area (Å²) in [6.07, 6.45) is 0. The van der Waals surface area contributed by atoms with Crippen LogP contribution in [0.1, 0.15) is 22.2 Å². The molecule has 2 aromatic carbocycles. The first kappa shape index (κ1) is 16.6. The molecule has 3 nitrogen and oxygen atoms in total. The van der Waals surface area contributed by atoms with Crippen molar-refractivity contribution in [2.75, 3.05) is 13.7 Å². The Labute approximate surface area is 144 Å². The van der Waals surface area contributed by atoms with E-state index in [1.165, 1.54) is 24.5 Å². The largest absolute Gasteiger partial charge is 0.372 e. The van der Waals surface area contributed by atoms with Crippen molar-refractivity contribution in [3.05, 3.63) is 70.9 Å². The van der Waals surface area contributed by atoms with Gasteiger partial charge in [0.25, 0.3) is 5.91 Å². The standard InChI is InChI=1S/C19H18FNO2S/c1-19(23-2,14-8-4-5-9-15(14)20)12-21-18(22)17-11-13-7-3-6-10-16(13)24-17/h3-11H,12H2,1-2H3,(H,21,22)/t19-/m1/s1. The summed E-state index contributed by atoms with van der Waals surface area (Å²) in [5.74, 6) is -0.534. The Hall–Kier alpha value is -2.24. The van der Waals surface area contributed by atoms with Crippen LogP contribution >= 0.6 is 11.3 Å². The Kier molecular flexibility index (Phi) is 4.64. The maximum atomic E-state index is 14.1. The van der Waals surface area contributed by atoms with Gasteiger partial charge in [0, 0.05) is 17.4 Å². The van der Waals surface area contributed by atoms with Crippen LogP contribution in [-0.2, 0) is 10.3 Å². The van der Waals surface area contributed by atoms with E-state index in [0.29, 0.717) is 10.4 Å². The molecule has 0 aliphatic rings. The molecule has 0 radical (unpaired) electrons. The summed E-state index contributed by atoms with van der Waals surface area (Å²) < 4.78 is 20.6. The van der Waals surface area contributed by atoms with Gasteiger partial charge in [-0.3, -0.25) is 4.79 Å². The van der Waals surface area contributed by atoms with Crippen molar-refractivity contribution in [2.24, 2.45) is 0 Å². The van der Waals surface area contributed by atoms with E-state index in [0.717, 1.165) is 10.1 Å². The van der Waals surface area contributed by atoms with Crippen molar-refractivity contribution in [3.8, 4) is 0 Å². The molecule has 24 heavy (non-hydrogen) atoms. The monoisotopic (exact) mass is 343 g/mol. The predicted octanol–water partition coefficient (Wildman–Crippen LogP) is 4.33. The summed E-state index contributed by atoms with van der Waals surface area (Å²) in [4.78, 5) is 13.1. The fourth-order valence-corrected chi connectivity index (χ4v) is 3.58. The minimum absolute atomic E-state index is 0.178. The molecule has 0 saturated carbocycles. The molecule has 1 amide bonds. The molecule has 3 aromatic rings. The number of hydrogen-bond acceptors (Lipinski definition) is 3. The smallest absolute Gasteiger partial charge is 0.261 e. The fourth-order valence-electron chi connectivity index (χ4n) is 2.60. The number of methoxy groups -OCH3 is 1. The molecule has 3 rings (SSSR count). The topological polar surface area (TPSA) is 38.3 Å². The Bertz CT molecular complexity index is 843. The Morgan fingerprint density at radius 3 is 2.62 bits per heavy atom. The van der Waals surface area contributed by atoms with Crippen LogP contribution in [0.5, 0.6) is 0 Å². The van der Waals surface area contributed by atoms with Crippen molar-refractivity contribution >= 4 is 27.3 Å². The van der Waals surface area contributed by atoms with E-state index in [9.17, 15) is 9.18 Å². The summed E-state index contributed by atoms with van der Waals surface area (Å²) in [5, 5.41) is 3.90. The van der Waals surface area contributed by atoms with Crippen LogP contribution in [0.25, 0.3) is 10.1 Å². The summed E-state index contributed by atoms with van der Waals surface area (Å²) >= 11 is 1.44. The number of hydrogen-bond donors (Lipinski definition) is 1. The number of thiophene rings is 1. The Balaban J connectivity index is 1.77. The average Bonchev–Trinajstić information content (AvgIpc) is 3.04. The zero-order chi connectivity index (χ0) is 17.2. The molecule has 0 spiro atoms. The van der Waals surface area contributed by atoms with Gasteiger partial charge in [-0.05, 0) is 30.5 Å². The molecule has 0 aliphatic carbocycles. The van der Waals surface area contributed by atoms with Crippen molar-refractivity contribution < 1.29 is 13.9 Å². The normalized spacial score (nSPS) is 13.6. The zero-order valence-corrected chi connectivity index (χ0v) is 14.3. The number of carbonyl (C=O) groups excluding carboxylic acids is 1. The quantitative estimate of drug-likeness (QED) is 0.749. The lowest BCUT2D eigenvalue weighted by molar-refractivity contribution is 0.000424. The molecule has 1 atom stereocenters. The zero-order valence-electron chi connectivity index (χ0n) is 13.5. The van der Waals surface area contributed by atoms with Gasteiger partial charge in [0.05, 0.1) is 11.4 Å². The highest BCUT2D eigenvalue weighted by Gasteiger charge is 2.30. The third kappa shape index (κ3) is 3.18. The van der Waals surface area contributed by atoms with E-state index < -0.39 is 5.60 Å². The summed E-state index contributed by atoms with van der Waals surface area (Å²) in [6, 6.07) is 16.1. The average molecular weight is 343 g/mol. The molecule has 5 heteroatoms. The van der Waals surface area contributed by atoms with Crippen LogP contribution in [0, 0.1) is 5.82 Å². The number of nitrogens with one attached hydrogen (secondary N) is 1. The molecule has 1 aromatic heterocycles. The molecular formula is C19H18FNO2S. The highest BCUT2D eigenvalue weighted by Crippen LogP contribution is 2.28. The Morgan fingerprint density at radius 2 is 1.92 bits per heavy atom. The lowest BCUT2D eigenvalue weighted by Crippen LogP contribution is -2.40. The molecular weight excluding hydrogens is 325 g/mol. The molecule has 124 valence electrons. The maximum absolute atomic E-state index is 14.1. The van der Waals surface area contributed by atoms with E-state index in [1.807, 2.05) is 30.3 Å². The van der Waals surface area contributed by atoms with Gasteiger partial charge in [-0.15, -0.1) is 11.3 Å². The van der Waals surface area contributed by atoms with E-state index in [2.05, 4.69) is 5.32 Å². The van der Waals surface area contributed by atoms with Crippen LogP contribution in [0.4, 0.5) is 4.39 Å². The molecule has 0 unspecified atom stereocenters. The number of fused-ring (bicyclic) bond motifs is 1. The maximum Gasteiger partial charge on any atom is 0.261 e. The number of halogens is 1. The van der Waals surface area contributed by atoms with Gasteiger partial charge in [-0.2, -0.15) is 0 Å². The second-order valence-electron chi connectivity index (χ2n) is 5.75. The first-order valence-corrected chi connectivity index (χ1v) is 8.42. The first-order chi connectivity index (χ1) is 11.5. The number of amides is 1. The third-order valence-corrected chi connectivity index (χ3v) is 5.24. The summed E-state index contributed by atoms with van der Waals surface area (Å²) in [5.41, 5.74) is -0.512. The van der Waals surface area contributed by atoms with Gasteiger partial charge in [0.1, 0.15) is 11.4 Å². The fraction of sp³-hybridized carbons (Fsp3) is 0.211. The van der Waals surface area contributed by atoms with Gasteiger partial charge in [0.2, 0.25) is 0 Å². The molecule has 0 saturated heterocycles. The highest BCUT2D eigenvalue weighted by atomic mass is 32.1. The molecule has 0 aliphatic heterocycles. The van der Waals surface area contributed by atoms with Crippen LogP contribution < -0.4 is 5.32 Å². The first-order valence-electron chi connectivity index (χ1n) is 7.60. The van der Waals surface area contributed by atoms with Crippen LogP contribution in [0.3, 0.4) is 0 Å². The van der Waals surface area contributed by atoms with Gasteiger partial charge in [-0.25, -0.2) is 4.39 Å². The van der Waals surface area contributed by atoms with E-state index in [1.54, 1.807) is 25.1 Å². The second-order valence-corrected chi connectivity index (χ2v) is 6.83. The van der Waals surface area contributed by atoms with Crippen LogP contribution in [0.2, 0.25) is 0 Å². The number of benzene rings is 2. The third-order valence-electron chi connectivity index (χ3n) is 4.13.